The zero-order valence-electron chi connectivity index (χ0n) is 10.6. The van der Waals surface area contributed by atoms with Crippen molar-refractivity contribution in [3.63, 3.8) is 0 Å². The van der Waals surface area contributed by atoms with E-state index in [4.69, 9.17) is 15.2 Å². The fourth-order valence-corrected chi connectivity index (χ4v) is 2.11. The maximum atomic E-state index is 11.8. The van der Waals surface area contributed by atoms with Gasteiger partial charge in [0.05, 0.1) is 25.7 Å². The fraction of sp³-hybridized carbons (Fsp3) is 0.917. The van der Waals surface area contributed by atoms with Gasteiger partial charge >= 0.3 is 0 Å². The number of hydrogen-bond acceptors (Lipinski definition) is 4. The van der Waals surface area contributed by atoms with Crippen LogP contribution < -0.4 is 11.1 Å². The lowest BCUT2D eigenvalue weighted by Crippen LogP contribution is -2.44. The molecule has 100 valence electrons. The van der Waals surface area contributed by atoms with Crippen LogP contribution in [-0.2, 0) is 14.3 Å². The van der Waals surface area contributed by atoms with E-state index in [1.165, 1.54) is 0 Å². The van der Waals surface area contributed by atoms with Gasteiger partial charge in [0, 0.05) is 19.7 Å². The third-order valence-corrected chi connectivity index (χ3v) is 3.13. The van der Waals surface area contributed by atoms with E-state index < -0.39 is 0 Å². The molecule has 0 heterocycles. The van der Waals surface area contributed by atoms with Gasteiger partial charge in [-0.25, -0.2) is 0 Å². The number of ether oxygens (including phenoxy) is 2. The molecule has 0 aromatic heterocycles. The molecule has 5 heteroatoms. The quantitative estimate of drug-likeness (QED) is 0.631. The van der Waals surface area contributed by atoms with E-state index in [1.807, 2.05) is 0 Å². The van der Waals surface area contributed by atoms with E-state index >= 15 is 0 Å². The Morgan fingerprint density at radius 1 is 1.29 bits per heavy atom. The highest BCUT2D eigenvalue weighted by Crippen LogP contribution is 2.22. The largest absolute Gasteiger partial charge is 0.382 e. The molecule has 1 aliphatic rings. The van der Waals surface area contributed by atoms with Crippen LogP contribution in [0.5, 0.6) is 0 Å². The summed E-state index contributed by atoms with van der Waals surface area (Å²) in [5.74, 6) is 0.0651. The monoisotopic (exact) mass is 244 g/mol. The molecule has 17 heavy (non-hydrogen) atoms. The summed E-state index contributed by atoms with van der Waals surface area (Å²) in [6.45, 7) is 2.22. The number of carbonyl (C=O) groups is 1. The number of rotatable bonds is 7. The zero-order chi connectivity index (χ0) is 12.5. The molecule has 1 saturated carbocycles. The number of hydrogen-bond donors (Lipinski definition) is 2. The van der Waals surface area contributed by atoms with Crippen LogP contribution >= 0.6 is 0 Å². The van der Waals surface area contributed by atoms with E-state index in [2.05, 4.69) is 5.32 Å². The Bertz CT molecular complexity index is 224. The minimum absolute atomic E-state index is 0.0114. The average Bonchev–Trinajstić information content (AvgIpc) is 2.34. The van der Waals surface area contributed by atoms with Crippen LogP contribution in [0, 0.1) is 5.92 Å². The molecule has 1 fully saturated rings. The lowest BCUT2D eigenvalue weighted by molar-refractivity contribution is -0.126. The number of methoxy groups -OCH3 is 1. The minimum Gasteiger partial charge on any atom is -0.382 e. The Hall–Kier alpha value is -0.650. The Morgan fingerprint density at radius 2 is 2.06 bits per heavy atom. The molecule has 0 aromatic rings. The summed E-state index contributed by atoms with van der Waals surface area (Å²) in [7, 11) is 1.63. The van der Waals surface area contributed by atoms with Gasteiger partial charge in [0.15, 0.2) is 0 Å². The van der Waals surface area contributed by atoms with Crippen LogP contribution in [0.2, 0.25) is 0 Å². The van der Waals surface area contributed by atoms with Crippen molar-refractivity contribution < 1.29 is 14.3 Å². The van der Waals surface area contributed by atoms with Crippen molar-refractivity contribution in [3.05, 3.63) is 0 Å². The third-order valence-electron chi connectivity index (χ3n) is 3.13. The summed E-state index contributed by atoms with van der Waals surface area (Å²) >= 11 is 0. The molecular formula is C12H24N2O3. The Balaban J connectivity index is 2.07. The van der Waals surface area contributed by atoms with Crippen molar-refractivity contribution >= 4 is 5.91 Å². The average molecular weight is 244 g/mol. The van der Waals surface area contributed by atoms with Gasteiger partial charge in [0.1, 0.15) is 0 Å². The summed E-state index contributed by atoms with van der Waals surface area (Å²) in [5.41, 5.74) is 5.94. The highest BCUT2D eigenvalue weighted by Gasteiger charge is 2.27. The molecule has 0 aromatic carbocycles. The summed E-state index contributed by atoms with van der Waals surface area (Å²) in [4.78, 5) is 11.8. The second-order valence-corrected chi connectivity index (χ2v) is 4.45. The molecular weight excluding hydrogens is 220 g/mol. The van der Waals surface area contributed by atoms with E-state index in [9.17, 15) is 4.79 Å². The van der Waals surface area contributed by atoms with Crippen molar-refractivity contribution in [2.24, 2.45) is 11.7 Å². The summed E-state index contributed by atoms with van der Waals surface area (Å²) in [6.07, 6.45) is 4.13. The predicted molar refractivity (Wildman–Crippen MR) is 65.6 cm³/mol. The smallest absolute Gasteiger partial charge is 0.224 e. The standard InChI is InChI=1S/C12H24N2O3/c1-16-8-9-17-7-6-14-12(15)10-4-2-3-5-11(10)13/h10-11H,2-9,13H2,1H3,(H,14,15). The van der Waals surface area contributed by atoms with Gasteiger partial charge in [-0.3, -0.25) is 4.79 Å². The number of nitrogens with two attached hydrogens (primary N) is 1. The first-order valence-corrected chi connectivity index (χ1v) is 6.35. The van der Waals surface area contributed by atoms with E-state index in [-0.39, 0.29) is 17.9 Å². The van der Waals surface area contributed by atoms with Crippen molar-refractivity contribution in [2.75, 3.05) is 33.5 Å². The highest BCUT2D eigenvalue weighted by atomic mass is 16.5. The highest BCUT2D eigenvalue weighted by molar-refractivity contribution is 5.79. The molecule has 1 amide bonds. The Morgan fingerprint density at radius 3 is 2.76 bits per heavy atom. The van der Waals surface area contributed by atoms with Crippen LogP contribution in [0.15, 0.2) is 0 Å². The normalized spacial score (nSPS) is 24.6. The molecule has 0 saturated heterocycles. The van der Waals surface area contributed by atoms with E-state index in [1.54, 1.807) is 7.11 Å². The van der Waals surface area contributed by atoms with Gasteiger partial charge in [0.25, 0.3) is 0 Å². The lowest BCUT2D eigenvalue weighted by Gasteiger charge is -2.27. The molecule has 0 aliphatic heterocycles. The topological polar surface area (TPSA) is 73.6 Å². The Labute approximate surface area is 103 Å². The molecule has 2 unspecified atom stereocenters. The molecule has 5 nitrogen and oxygen atoms in total. The van der Waals surface area contributed by atoms with Crippen LogP contribution in [-0.4, -0.2) is 45.4 Å². The second kappa shape index (κ2) is 8.44. The van der Waals surface area contributed by atoms with Gasteiger partial charge < -0.3 is 20.5 Å². The lowest BCUT2D eigenvalue weighted by atomic mass is 9.84. The second-order valence-electron chi connectivity index (χ2n) is 4.45. The number of carbonyl (C=O) groups excluding carboxylic acids is 1. The van der Waals surface area contributed by atoms with Crippen molar-refractivity contribution in [2.45, 2.75) is 31.7 Å². The van der Waals surface area contributed by atoms with Crippen LogP contribution in [0.3, 0.4) is 0 Å². The SMILES string of the molecule is COCCOCCNC(=O)C1CCCCC1N. The summed E-state index contributed by atoms with van der Waals surface area (Å²) < 4.78 is 10.1. The Kier molecular flexibility index (Phi) is 7.16. The number of amides is 1. The summed E-state index contributed by atoms with van der Waals surface area (Å²) in [6, 6.07) is 0.0261. The molecule has 0 spiro atoms. The van der Waals surface area contributed by atoms with Gasteiger partial charge in [-0.05, 0) is 12.8 Å². The van der Waals surface area contributed by atoms with Gasteiger partial charge in [-0.2, -0.15) is 0 Å². The first-order chi connectivity index (χ1) is 8.25. The van der Waals surface area contributed by atoms with E-state index in [0.29, 0.717) is 26.4 Å². The third kappa shape index (κ3) is 5.48. The molecule has 3 N–H and O–H groups in total. The van der Waals surface area contributed by atoms with Crippen LogP contribution in [0.25, 0.3) is 0 Å². The van der Waals surface area contributed by atoms with E-state index in [0.717, 1.165) is 25.7 Å². The van der Waals surface area contributed by atoms with Crippen LogP contribution in [0.4, 0.5) is 0 Å². The fourth-order valence-electron chi connectivity index (χ4n) is 2.11. The molecule has 0 bridgehead atoms. The van der Waals surface area contributed by atoms with Gasteiger partial charge in [0.2, 0.25) is 5.91 Å². The number of nitrogens with one attached hydrogen (secondary N) is 1. The maximum Gasteiger partial charge on any atom is 0.224 e. The predicted octanol–water partition coefficient (Wildman–Crippen LogP) is 0.283. The maximum absolute atomic E-state index is 11.8. The zero-order valence-corrected chi connectivity index (χ0v) is 10.6. The molecule has 1 rings (SSSR count). The molecule has 2 atom stereocenters. The van der Waals surface area contributed by atoms with Gasteiger partial charge in [-0.1, -0.05) is 12.8 Å². The van der Waals surface area contributed by atoms with Gasteiger partial charge in [-0.15, -0.1) is 0 Å². The first-order valence-electron chi connectivity index (χ1n) is 6.35. The van der Waals surface area contributed by atoms with Crippen LogP contribution in [0.1, 0.15) is 25.7 Å². The first kappa shape index (κ1) is 14.4. The van der Waals surface area contributed by atoms with Crippen molar-refractivity contribution in [1.82, 2.24) is 5.32 Å². The summed E-state index contributed by atoms with van der Waals surface area (Å²) in [5, 5.41) is 2.87. The molecule has 1 aliphatic carbocycles. The molecule has 0 radical (unpaired) electrons. The minimum atomic E-state index is -0.0114. The van der Waals surface area contributed by atoms with Crippen molar-refractivity contribution in [3.8, 4) is 0 Å². The van der Waals surface area contributed by atoms with Crippen molar-refractivity contribution in [1.29, 1.82) is 0 Å².